The van der Waals surface area contributed by atoms with Crippen LogP contribution in [0.2, 0.25) is 0 Å². The Bertz CT molecular complexity index is 765. The minimum atomic E-state index is 0.156. The van der Waals surface area contributed by atoms with E-state index in [4.69, 9.17) is 14.9 Å². The van der Waals surface area contributed by atoms with E-state index in [2.05, 4.69) is 4.98 Å². The molecular formula is C15H14N2O3. The lowest BCUT2D eigenvalue weighted by Gasteiger charge is -2.06. The number of phenols is 1. The molecule has 3 aromatic rings. The highest BCUT2D eigenvalue weighted by molar-refractivity contribution is 5.78. The molecule has 0 unspecified atom stereocenters. The van der Waals surface area contributed by atoms with Crippen molar-refractivity contribution >= 4 is 16.8 Å². The van der Waals surface area contributed by atoms with Crippen LogP contribution < -0.4 is 10.5 Å². The molecular weight excluding hydrogens is 256 g/mol. The van der Waals surface area contributed by atoms with Crippen LogP contribution in [-0.2, 0) is 0 Å². The van der Waals surface area contributed by atoms with Gasteiger partial charge in [-0.2, -0.15) is 0 Å². The van der Waals surface area contributed by atoms with Crippen molar-refractivity contribution in [2.75, 3.05) is 12.3 Å². The number of aromatic nitrogens is 1. The van der Waals surface area contributed by atoms with Gasteiger partial charge in [-0.1, -0.05) is 0 Å². The van der Waals surface area contributed by atoms with Gasteiger partial charge in [0.15, 0.2) is 5.58 Å². The Hall–Kier alpha value is -2.69. The maximum absolute atomic E-state index is 9.43. The zero-order valence-corrected chi connectivity index (χ0v) is 11.0. The molecule has 0 saturated heterocycles. The molecule has 0 spiro atoms. The first-order valence-corrected chi connectivity index (χ1v) is 6.29. The molecule has 0 fully saturated rings. The topological polar surface area (TPSA) is 81.5 Å². The lowest BCUT2D eigenvalue weighted by atomic mass is 10.2. The van der Waals surface area contributed by atoms with Gasteiger partial charge in [0.2, 0.25) is 5.89 Å². The highest BCUT2D eigenvalue weighted by atomic mass is 16.5. The summed E-state index contributed by atoms with van der Waals surface area (Å²) in [7, 11) is 0. The van der Waals surface area contributed by atoms with Crippen molar-refractivity contribution in [3.8, 4) is 23.0 Å². The molecule has 0 saturated carbocycles. The predicted molar refractivity (Wildman–Crippen MR) is 76.7 cm³/mol. The van der Waals surface area contributed by atoms with Gasteiger partial charge in [-0.25, -0.2) is 4.98 Å². The van der Waals surface area contributed by atoms with Crippen molar-refractivity contribution in [3.05, 3.63) is 36.4 Å². The van der Waals surface area contributed by atoms with Crippen LogP contribution in [0.4, 0.5) is 5.69 Å². The number of nitrogen functional groups attached to an aromatic ring is 1. The number of anilines is 1. The van der Waals surface area contributed by atoms with Crippen LogP contribution in [-0.4, -0.2) is 16.7 Å². The molecule has 2 aromatic carbocycles. The molecule has 5 heteroatoms. The third kappa shape index (κ3) is 2.14. The van der Waals surface area contributed by atoms with Gasteiger partial charge in [0.25, 0.3) is 0 Å². The van der Waals surface area contributed by atoms with Gasteiger partial charge in [-0.15, -0.1) is 0 Å². The highest BCUT2D eigenvalue weighted by Gasteiger charge is 2.10. The molecule has 0 aliphatic heterocycles. The Kier molecular flexibility index (Phi) is 2.95. The Morgan fingerprint density at radius 1 is 1.25 bits per heavy atom. The molecule has 0 bridgehead atoms. The Balaban J connectivity index is 2.04. The smallest absolute Gasteiger partial charge is 0.227 e. The molecule has 0 amide bonds. The second-order valence-electron chi connectivity index (χ2n) is 4.36. The van der Waals surface area contributed by atoms with Crippen LogP contribution >= 0.6 is 0 Å². The van der Waals surface area contributed by atoms with Gasteiger partial charge in [0.05, 0.1) is 12.3 Å². The van der Waals surface area contributed by atoms with Crippen LogP contribution in [0.1, 0.15) is 6.92 Å². The van der Waals surface area contributed by atoms with Crippen molar-refractivity contribution in [1.29, 1.82) is 0 Å². The Morgan fingerprint density at radius 3 is 2.85 bits per heavy atom. The zero-order valence-electron chi connectivity index (χ0n) is 11.0. The zero-order chi connectivity index (χ0) is 14.1. The minimum absolute atomic E-state index is 0.156. The number of hydrogen-bond donors (Lipinski definition) is 2. The Labute approximate surface area is 115 Å². The van der Waals surface area contributed by atoms with E-state index >= 15 is 0 Å². The Morgan fingerprint density at radius 2 is 2.10 bits per heavy atom. The van der Waals surface area contributed by atoms with Gasteiger partial charge >= 0.3 is 0 Å². The maximum Gasteiger partial charge on any atom is 0.227 e. The van der Waals surface area contributed by atoms with Crippen LogP contribution in [0.15, 0.2) is 40.8 Å². The second-order valence-corrected chi connectivity index (χ2v) is 4.36. The third-order valence-electron chi connectivity index (χ3n) is 2.93. The summed E-state index contributed by atoms with van der Waals surface area (Å²) in [5.41, 5.74) is 8.45. The van der Waals surface area contributed by atoms with E-state index in [1.807, 2.05) is 13.0 Å². The summed E-state index contributed by atoms with van der Waals surface area (Å²) in [5, 5.41) is 9.43. The fraction of sp³-hybridized carbons (Fsp3) is 0.133. The van der Waals surface area contributed by atoms with E-state index < -0.39 is 0 Å². The van der Waals surface area contributed by atoms with Gasteiger partial charge in [0, 0.05) is 11.6 Å². The molecule has 5 nitrogen and oxygen atoms in total. The van der Waals surface area contributed by atoms with Gasteiger partial charge in [-0.3, -0.25) is 0 Å². The summed E-state index contributed by atoms with van der Waals surface area (Å²) < 4.78 is 11.0. The van der Waals surface area contributed by atoms with Crippen LogP contribution in [0.5, 0.6) is 11.5 Å². The highest BCUT2D eigenvalue weighted by Crippen LogP contribution is 2.31. The van der Waals surface area contributed by atoms with E-state index in [0.717, 1.165) is 5.56 Å². The molecule has 20 heavy (non-hydrogen) atoms. The molecule has 0 aliphatic rings. The molecule has 0 aliphatic carbocycles. The number of phenolic OH excluding ortho intramolecular Hbond substituents is 1. The average Bonchev–Trinajstić information content (AvgIpc) is 2.84. The molecule has 0 atom stereocenters. The number of aromatic hydroxyl groups is 1. The fourth-order valence-corrected chi connectivity index (χ4v) is 2.01. The lowest BCUT2D eigenvalue weighted by Crippen LogP contribution is -1.96. The number of benzene rings is 2. The van der Waals surface area contributed by atoms with Crippen molar-refractivity contribution in [2.45, 2.75) is 6.92 Å². The third-order valence-corrected chi connectivity index (χ3v) is 2.93. The van der Waals surface area contributed by atoms with E-state index in [0.29, 0.717) is 35.0 Å². The minimum Gasteiger partial charge on any atom is -0.508 e. The molecule has 1 heterocycles. The monoisotopic (exact) mass is 270 g/mol. The molecule has 102 valence electrons. The SMILES string of the molecule is CCOc1ccc(-c2nc3cc(O)ccc3o2)cc1N. The largest absolute Gasteiger partial charge is 0.508 e. The lowest BCUT2D eigenvalue weighted by molar-refractivity contribution is 0.342. The molecule has 1 aromatic heterocycles. The number of hydrogen-bond acceptors (Lipinski definition) is 5. The van der Waals surface area contributed by atoms with E-state index in [1.54, 1.807) is 30.3 Å². The molecule has 3 rings (SSSR count). The first-order chi connectivity index (χ1) is 9.67. The molecule has 0 radical (unpaired) electrons. The fourth-order valence-electron chi connectivity index (χ4n) is 2.01. The van der Waals surface area contributed by atoms with Crippen LogP contribution in [0, 0.1) is 0 Å². The van der Waals surface area contributed by atoms with Crippen LogP contribution in [0.25, 0.3) is 22.6 Å². The standard InChI is InChI=1S/C15H14N2O3/c1-2-19-13-5-3-9(7-11(13)16)15-17-12-8-10(18)4-6-14(12)20-15/h3-8,18H,2,16H2,1H3. The first kappa shape index (κ1) is 12.3. The first-order valence-electron chi connectivity index (χ1n) is 6.29. The van der Waals surface area contributed by atoms with Crippen molar-refractivity contribution < 1.29 is 14.3 Å². The summed E-state index contributed by atoms with van der Waals surface area (Å²) in [5.74, 6) is 1.26. The summed E-state index contributed by atoms with van der Waals surface area (Å²) in [4.78, 5) is 4.34. The van der Waals surface area contributed by atoms with Gasteiger partial charge in [0.1, 0.15) is 17.0 Å². The van der Waals surface area contributed by atoms with E-state index in [-0.39, 0.29) is 5.75 Å². The number of fused-ring (bicyclic) bond motifs is 1. The quantitative estimate of drug-likeness (QED) is 0.714. The van der Waals surface area contributed by atoms with Crippen molar-refractivity contribution in [2.24, 2.45) is 0 Å². The normalized spacial score (nSPS) is 10.8. The van der Waals surface area contributed by atoms with Crippen LogP contribution in [0.3, 0.4) is 0 Å². The number of ether oxygens (including phenoxy) is 1. The van der Waals surface area contributed by atoms with E-state index in [1.165, 1.54) is 0 Å². The summed E-state index contributed by atoms with van der Waals surface area (Å²) in [6.07, 6.45) is 0. The number of nitrogens with two attached hydrogens (primary N) is 1. The maximum atomic E-state index is 9.43. The molecule has 3 N–H and O–H groups in total. The summed E-state index contributed by atoms with van der Waals surface area (Å²) in [6.45, 7) is 2.46. The summed E-state index contributed by atoms with van der Waals surface area (Å²) in [6, 6.07) is 10.2. The van der Waals surface area contributed by atoms with Crippen molar-refractivity contribution in [1.82, 2.24) is 4.98 Å². The predicted octanol–water partition coefficient (Wildman–Crippen LogP) is 3.18. The van der Waals surface area contributed by atoms with Gasteiger partial charge in [-0.05, 0) is 37.3 Å². The second kappa shape index (κ2) is 4.77. The van der Waals surface area contributed by atoms with E-state index in [9.17, 15) is 5.11 Å². The average molecular weight is 270 g/mol. The number of nitrogens with zero attached hydrogens (tertiary/aromatic N) is 1. The van der Waals surface area contributed by atoms with Crippen molar-refractivity contribution in [3.63, 3.8) is 0 Å². The number of oxazole rings is 1. The number of rotatable bonds is 3. The summed E-state index contributed by atoms with van der Waals surface area (Å²) >= 11 is 0. The van der Waals surface area contributed by atoms with Gasteiger partial charge < -0.3 is 20.0 Å².